The number of rotatable bonds is 7. The number of benzene rings is 1. The average molecular weight is 516 g/mol. The fourth-order valence-electron chi connectivity index (χ4n) is 4.57. The molecule has 35 heavy (non-hydrogen) atoms. The second kappa shape index (κ2) is 11.5. The number of carbonyl (C=O) groups excluding carboxylic acids is 2. The Hall–Kier alpha value is -2.46. The van der Waals surface area contributed by atoms with Gasteiger partial charge in [0.05, 0.1) is 32.2 Å². The molecular formula is C24H35ClFN3O6. The van der Waals surface area contributed by atoms with Crippen molar-refractivity contribution in [2.75, 3.05) is 39.9 Å². The van der Waals surface area contributed by atoms with Gasteiger partial charge in [0.25, 0.3) is 0 Å². The third-order valence-corrected chi connectivity index (χ3v) is 6.48. The highest BCUT2D eigenvalue weighted by Crippen LogP contribution is 2.41. The van der Waals surface area contributed by atoms with Crippen LogP contribution in [0.1, 0.15) is 44.4 Å². The third kappa shape index (κ3) is 6.82. The maximum Gasteiger partial charge on any atom is 0.407 e. The van der Waals surface area contributed by atoms with Crippen LogP contribution in [0.4, 0.5) is 14.0 Å². The summed E-state index contributed by atoms with van der Waals surface area (Å²) < 4.78 is 34.5. The summed E-state index contributed by atoms with van der Waals surface area (Å²) in [5.74, 6) is 1.15. The molecule has 2 heterocycles. The second-order valence-electron chi connectivity index (χ2n) is 9.74. The van der Waals surface area contributed by atoms with E-state index in [9.17, 15) is 14.0 Å². The first-order valence-corrected chi connectivity index (χ1v) is 12.2. The Morgan fingerprint density at radius 3 is 2.40 bits per heavy atom. The van der Waals surface area contributed by atoms with Crippen LogP contribution in [0.3, 0.4) is 0 Å². The Morgan fingerprint density at radius 1 is 1.14 bits per heavy atom. The van der Waals surface area contributed by atoms with Crippen LogP contribution < -0.4 is 20.1 Å². The summed E-state index contributed by atoms with van der Waals surface area (Å²) >= 11 is 5.65. The number of hydrogen-bond donors (Lipinski definition) is 2. The van der Waals surface area contributed by atoms with Crippen LogP contribution in [0.15, 0.2) is 12.1 Å². The van der Waals surface area contributed by atoms with Crippen molar-refractivity contribution >= 4 is 23.8 Å². The number of halogens is 2. The fraction of sp³-hybridized carbons (Fsp3) is 0.667. The minimum atomic E-state index is -1.03. The average Bonchev–Trinajstić information content (AvgIpc) is 2.80. The number of alkyl halides is 2. The van der Waals surface area contributed by atoms with Crippen molar-refractivity contribution in [2.45, 2.75) is 63.4 Å². The molecule has 11 heteroatoms. The zero-order chi connectivity index (χ0) is 25.8. The van der Waals surface area contributed by atoms with Gasteiger partial charge in [-0.3, -0.25) is 4.90 Å². The number of piperidine rings is 1. The minimum absolute atomic E-state index is 0.0194. The highest BCUT2D eigenvalue weighted by atomic mass is 35.5. The smallest absolute Gasteiger partial charge is 0.407 e. The van der Waals surface area contributed by atoms with Crippen LogP contribution in [-0.2, 0) is 15.9 Å². The molecular weight excluding hydrogens is 481 g/mol. The van der Waals surface area contributed by atoms with Crippen molar-refractivity contribution in [1.82, 2.24) is 15.5 Å². The Bertz CT molecular complexity index is 908. The quantitative estimate of drug-likeness (QED) is 0.536. The molecule has 2 aliphatic heterocycles. The van der Waals surface area contributed by atoms with Gasteiger partial charge in [-0.25, -0.2) is 14.0 Å². The van der Waals surface area contributed by atoms with E-state index in [0.29, 0.717) is 24.5 Å². The minimum Gasteiger partial charge on any atom is -0.493 e. The van der Waals surface area contributed by atoms with Crippen LogP contribution >= 0.6 is 11.6 Å². The normalized spacial score (nSPS) is 22.8. The first kappa shape index (κ1) is 27.1. The molecule has 4 atom stereocenters. The summed E-state index contributed by atoms with van der Waals surface area (Å²) in [5, 5.41) is 5.70. The highest BCUT2D eigenvalue weighted by molar-refractivity contribution is 6.18. The molecule has 1 aromatic carbocycles. The van der Waals surface area contributed by atoms with Crippen LogP contribution in [-0.4, -0.2) is 80.7 Å². The zero-order valence-electron chi connectivity index (χ0n) is 20.9. The number of nitrogens with one attached hydrogen (secondary N) is 2. The number of amides is 2. The van der Waals surface area contributed by atoms with Gasteiger partial charge in [-0.2, -0.15) is 0 Å². The molecule has 196 valence electrons. The maximum absolute atomic E-state index is 13.0. The van der Waals surface area contributed by atoms with Crippen LogP contribution in [0, 0.1) is 0 Å². The van der Waals surface area contributed by atoms with Crippen LogP contribution in [0.25, 0.3) is 0 Å². The van der Waals surface area contributed by atoms with Gasteiger partial charge in [0.15, 0.2) is 11.5 Å². The number of nitrogens with zero attached hydrogens (tertiary/aromatic N) is 1. The largest absolute Gasteiger partial charge is 0.493 e. The number of ether oxygens (including phenoxy) is 4. The summed E-state index contributed by atoms with van der Waals surface area (Å²) in [4.78, 5) is 27.3. The zero-order valence-corrected chi connectivity index (χ0v) is 21.6. The van der Waals surface area contributed by atoms with Crippen LogP contribution in [0.2, 0.25) is 0 Å². The SMILES string of the molecule is COc1cc2c(cc1OC)C1CC(NC(=O)OC(C)(C)C)C(NC(=O)OC(CF)CCl)CN1CC2. The molecule has 9 nitrogen and oxygen atoms in total. The Labute approximate surface area is 210 Å². The van der Waals surface area contributed by atoms with Gasteiger partial charge in [-0.15, -0.1) is 11.6 Å². The van der Waals surface area contributed by atoms with Gasteiger partial charge in [0, 0.05) is 19.1 Å². The Balaban J connectivity index is 1.84. The van der Waals surface area contributed by atoms with Crippen molar-refractivity contribution in [3.05, 3.63) is 23.3 Å². The van der Waals surface area contributed by atoms with E-state index in [1.165, 1.54) is 0 Å². The Morgan fingerprint density at radius 2 is 1.80 bits per heavy atom. The number of carbonyl (C=O) groups is 2. The molecule has 1 saturated heterocycles. The van der Waals surface area contributed by atoms with Crippen LogP contribution in [0.5, 0.6) is 11.5 Å². The molecule has 0 aliphatic carbocycles. The lowest BCUT2D eigenvalue weighted by Crippen LogP contribution is -2.62. The molecule has 0 bridgehead atoms. The van der Waals surface area contributed by atoms with Gasteiger partial charge in [0.1, 0.15) is 18.4 Å². The van der Waals surface area contributed by atoms with E-state index in [-0.39, 0.29) is 11.9 Å². The highest BCUT2D eigenvalue weighted by Gasteiger charge is 2.41. The maximum atomic E-state index is 13.0. The molecule has 0 radical (unpaired) electrons. The molecule has 0 saturated carbocycles. The van der Waals surface area contributed by atoms with E-state index in [0.717, 1.165) is 24.1 Å². The summed E-state index contributed by atoms with van der Waals surface area (Å²) in [6.07, 6.45) is -1.09. The van der Waals surface area contributed by atoms with E-state index in [2.05, 4.69) is 15.5 Å². The van der Waals surface area contributed by atoms with Gasteiger partial charge in [-0.05, 0) is 56.9 Å². The fourth-order valence-corrected chi connectivity index (χ4v) is 4.71. The summed E-state index contributed by atoms with van der Waals surface area (Å²) in [5.41, 5.74) is 1.56. The molecule has 2 aliphatic rings. The lowest BCUT2D eigenvalue weighted by molar-refractivity contribution is 0.0362. The molecule has 0 spiro atoms. The first-order chi connectivity index (χ1) is 16.6. The first-order valence-electron chi connectivity index (χ1n) is 11.7. The predicted molar refractivity (Wildman–Crippen MR) is 129 cm³/mol. The molecule has 1 aromatic rings. The van der Waals surface area contributed by atoms with Gasteiger partial charge < -0.3 is 29.6 Å². The number of hydrogen-bond acceptors (Lipinski definition) is 7. The number of fused-ring (bicyclic) bond motifs is 3. The van der Waals surface area contributed by atoms with E-state index >= 15 is 0 Å². The van der Waals surface area contributed by atoms with Gasteiger partial charge in [-0.1, -0.05) is 0 Å². The monoisotopic (exact) mass is 515 g/mol. The predicted octanol–water partition coefficient (Wildman–Crippen LogP) is 3.57. The van der Waals surface area contributed by atoms with E-state index in [1.807, 2.05) is 12.1 Å². The molecule has 0 aromatic heterocycles. The lowest BCUT2D eigenvalue weighted by Gasteiger charge is -2.47. The van der Waals surface area contributed by atoms with Crippen molar-refractivity contribution in [2.24, 2.45) is 0 Å². The van der Waals surface area contributed by atoms with Crippen molar-refractivity contribution < 1.29 is 32.9 Å². The third-order valence-electron chi connectivity index (χ3n) is 6.13. The summed E-state index contributed by atoms with van der Waals surface area (Å²) in [6.45, 7) is 5.68. The topological polar surface area (TPSA) is 98.4 Å². The van der Waals surface area contributed by atoms with Crippen molar-refractivity contribution in [3.8, 4) is 11.5 Å². The Kier molecular flexibility index (Phi) is 8.93. The van der Waals surface area contributed by atoms with Crippen molar-refractivity contribution in [3.63, 3.8) is 0 Å². The number of alkyl carbamates (subject to hydrolysis) is 2. The molecule has 1 fully saturated rings. The van der Waals surface area contributed by atoms with Gasteiger partial charge in [0.2, 0.25) is 0 Å². The van der Waals surface area contributed by atoms with E-state index in [1.54, 1.807) is 35.0 Å². The molecule has 3 rings (SSSR count). The standard InChI is InChI=1S/C24H35ClFN3O6/c1-24(2,3)35-23(31)27-17-10-19-16-9-21(33-5)20(32-4)8-14(16)6-7-29(19)13-18(17)28-22(30)34-15(11-25)12-26/h8-9,15,17-19H,6-7,10-13H2,1-5H3,(H,27,31)(H,28,30). The van der Waals surface area contributed by atoms with E-state index < -0.39 is 42.6 Å². The summed E-state index contributed by atoms with van der Waals surface area (Å²) in [6, 6.07) is 3.01. The molecule has 2 N–H and O–H groups in total. The molecule has 4 unspecified atom stereocenters. The van der Waals surface area contributed by atoms with Crippen molar-refractivity contribution in [1.29, 1.82) is 0 Å². The molecule has 2 amide bonds. The second-order valence-corrected chi connectivity index (χ2v) is 10.1. The number of methoxy groups -OCH3 is 2. The van der Waals surface area contributed by atoms with E-state index in [4.69, 9.17) is 30.5 Å². The van der Waals surface area contributed by atoms with Gasteiger partial charge >= 0.3 is 12.2 Å². The lowest BCUT2D eigenvalue weighted by atomic mass is 9.83. The summed E-state index contributed by atoms with van der Waals surface area (Å²) in [7, 11) is 3.20.